The average molecular weight is 458 g/mol. The number of esters is 1. The fourth-order valence-corrected chi connectivity index (χ4v) is 3.37. The van der Waals surface area contributed by atoms with Gasteiger partial charge in [0.05, 0.1) is 11.3 Å². The first-order valence-electron chi connectivity index (χ1n) is 9.81. The molecular formula is C22H17F3N4O4. The molecule has 1 aromatic carbocycles. The highest BCUT2D eigenvalue weighted by Crippen LogP contribution is 2.28. The summed E-state index contributed by atoms with van der Waals surface area (Å²) in [6.45, 7) is -0.497. The lowest BCUT2D eigenvalue weighted by molar-refractivity contribution is -0.199. The number of carbonyl (C=O) groups excluding carboxylic acids is 3. The molecule has 0 atom stereocenters. The molecule has 3 heterocycles. The van der Waals surface area contributed by atoms with Gasteiger partial charge in [0.1, 0.15) is 0 Å². The van der Waals surface area contributed by atoms with Crippen LogP contribution in [0.2, 0.25) is 0 Å². The van der Waals surface area contributed by atoms with Crippen LogP contribution in [0.1, 0.15) is 16.1 Å². The van der Waals surface area contributed by atoms with Gasteiger partial charge in [-0.05, 0) is 30.3 Å². The second-order valence-electron chi connectivity index (χ2n) is 7.21. The zero-order chi connectivity index (χ0) is 23.6. The third-order valence-corrected chi connectivity index (χ3v) is 4.88. The minimum absolute atomic E-state index is 0.127. The van der Waals surface area contributed by atoms with Crippen molar-refractivity contribution in [3.63, 3.8) is 0 Å². The van der Waals surface area contributed by atoms with E-state index in [9.17, 15) is 27.6 Å². The Morgan fingerprint density at radius 1 is 1.12 bits per heavy atom. The summed E-state index contributed by atoms with van der Waals surface area (Å²) in [7, 11) is 0. The normalized spacial score (nSPS) is 13.1. The number of aromatic nitrogens is 2. The first kappa shape index (κ1) is 22.1. The van der Waals surface area contributed by atoms with Gasteiger partial charge in [0.15, 0.2) is 6.61 Å². The first-order chi connectivity index (χ1) is 15.7. The number of hydrogen-bond donors (Lipinski definition) is 3. The highest BCUT2D eigenvalue weighted by atomic mass is 19.4. The van der Waals surface area contributed by atoms with Crippen molar-refractivity contribution in [3.05, 3.63) is 59.9 Å². The van der Waals surface area contributed by atoms with E-state index >= 15 is 0 Å². The third-order valence-electron chi connectivity index (χ3n) is 4.88. The standard InChI is InChI=1S/C22H17F3N4O4/c23-22(24,25)21(32)33-11-19(30)28-14-3-1-2-12(8-14)17-9-13(4-6-26-17)18-10-15-16(29-18)5-7-27-20(15)31/h1-4,6,8-10,29H,5,7,11H2,(H,27,31)(H,28,30). The van der Waals surface area contributed by atoms with Gasteiger partial charge >= 0.3 is 12.1 Å². The Labute approximate surface area is 185 Å². The van der Waals surface area contributed by atoms with Gasteiger partial charge in [-0.2, -0.15) is 13.2 Å². The number of halogens is 3. The van der Waals surface area contributed by atoms with Gasteiger partial charge in [-0.1, -0.05) is 12.1 Å². The molecule has 0 spiro atoms. The highest BCUT2D eigenvalue weighted by Gasteiger charge is 2.41. The second-order valence-corrected chi connectivity index (χ2v) is 7.21. The largest absolute Gasteiger partial charge is 0.490 e. The van der Waals surface area contributed by atoms with E-state index in [-0.39, 0.29) is 5.91 Å². The van der Waals surface area contributed by atoms with Crippen molar-refractivity contribution in [2.75, 3.05) is 18.5 Å². The fraction of sp³-hybridized carbons (Fsp3) is 0.182. The molecule has 0 saturated carbocycles. The van der Waals surface area contributed by atoms with Crippen LogP contribution >= 0.6 is 0 Å². The summed E-state index contributed by atoms with van der Waals surface area (Å²) in [5.74, 6) is -3.48. The quantitative estimate of drug-likeness (QED) is 0.509. The number of carbonyl (C=O) groups is 3. The van der Waals surface area contributed by atoms with E-state index < -0.39 is 24.7 Å². The van der Waals surface area contributed by atoms with Crippen LogP contribution in [-0.4, -0.2) is 47.1 Å². The summed E-state index contributed by atoms with van der Waals surface area (Å²) >= 11 is 0. The van der Waals surface area contributed by atoms with Gasteiger partial charge in [-0.3, -0.25) is 14.6 Å². The van der Waals surface area contributed by atoms with Gasteiger partial charge in [-0.15, -0.1) is 0 Å². The van der Waals surface area contributed by atoms with Crippen molar-refractivity contribution in [2.24, 2.45) is 0 Å². The van der Waals surface area contributed by atoms with Gasteiger partial charge in [0, 0.05) is 47.4 Å². The molecule has 3 N–H and O–H groups in total. The molecular weight excluding hydrogens is 441 g/mol. The number of anilines is 1. The first-order valence-corrected chi connectivity index (χ1v) is 9.81. The second kappa shape index (κ2) is 8.77. The van der Waals surface area contributed by atoms with Crippen LogP contribution in [0.25, 0.3) is 22.5 Å². The Morgan fingerprint density at radius 3 is 2.70 bits per heavy atom. The van der Waals surface area contributed by atoms with Crippen LogP contribution in [0.4, 0.5) is 18.9 Å². The number of benzene rings is 1. The minimum Gasteiger partial charge on any atom is -0.449 e. The maximum Gasteiger partial charge on any atom is 0.490 e. The number of rotatable bonds is 5. The number of alkyl halides is 3. The summed E-state index contributed by atoms with van der Waals surface area (Å²) < 4.78 is 40.5. The molecule has 170 valence electrons. The van der Waals surface area contributed by atoms with Gasteiger partial charge < -0.3 is 20.4 Å². The summed E-state index contributed by atoms with van der Waals surface area (Å²) in [6.07, 6.45) is -2.86. The summed E-state index contributed by atoms with van der Waals surface area (Å²) in [5, 5.41) is 5.18. The van der Waals surface area contributed by atoms with Crippen LogP contribution in [0.3, 0.4) is 0 Å². The molecule has 3 aromatic rings. The number of nitrogens with one attached hydrogen (secondary N) is 3. The number of amides is 2. The van der Waals surface area contributed by atoms with Crippen LogP contribution in [0.15, 0.2) is 48.7 Å². The van der Waals surface area contributed by atoms with Gasteiger partial charge in [0.25, 0.3) is 11.8 Å². The highest BCUT2D eigenvalue weighted by molar-refractivity contribution is 5.98. The maximum absolute atomic E-state index is 12.2. The SMILES string of the molecule is O=C(COC(=O)C(F)(F)F)Nc1cccc(-c2cc(-c3cc4c([nH]3)CCNC4=O)ccn2)c1. The summed E-state index contributed by atoms with van der Waals surface area (Å²) in [4.78, 5) is 42.2. The van der Waals surface area contributed by atoms with E-state index in [4.69, 9.17) is 0 Å². The molecule has 1 aliphatic rings. The zero-order valence-electron chi connectivity index (χ0n) is 17.0. The van der Waals surface area contributed by atoms with E-state index in [1.807, 2.05) is 0 Å². The Balaban J connectivity index is 1.49. The number of pyridine rings is 1. The fourth-order valence-electron chi connectivity index (χ4n) is 3.37. The third kappa shape index (κ3) is 5.03. The number of ether oxygens (including phenoxy) is 1. The minimum atomic E-state index is -5.17. The number of hydrogen-bond acceptors (Lipinski definition) is 5. The average Bonchev–Trinajstić information content (AvgIpc) is 3.23. The molecule has 0 saturated heterocycles. The van der Waals surface area contributed by atoms with Crippen molar-refractivity contribution in [1.82, 2.24) is 15.3 Å². The van der Waals surface area contributed by atoms with E-state index in [0.717, 1.165) is 17.0 Å². The van der Waals surface area contributed by atoms with Gasteiger partial charge in [0.2, 0.25) is 0 Å². The molecule has 0 fully saturated rings. The predicted molar refractivity (Wildman–Crippen MR) is 111 cm³/mol. The molecule has 8 nitrogen and oxygen atoms in total. The molecule has 0 radical (unpaired) electrons. The Bertz CT molecular complexity index is 1240. The van der Waals surface area contributed by atoms with Crippen molar-refractivity contribution < 1.29 is 32.3 Å². The summed E-state index contributed by atoms with van der Waals surface area (Å²) in [5.41, 5.74) is 4.53. The van der Waals surface area contributed by atoms with Crippen LogP contribution in [0.5, 0.6) is 0 Å². The topological polar surface area (TPSA) is 113 Å². The van der Waals surface area contributed by atoms with E-state index in [1.54, 1.807) is 42.6 Å². The molecule has 0 aliphatic carbocycles. The Morgan fingerprint density at radius 2 is 1.94 bits per heavy atom. The molecule has 11 heteroatoms. The molecule has 2 aromatic heterocycles. The smallest absolute Gasteiger partial charge is 0.449 e. The monoisotopic (exact) mass is 458 g/mol. The van der Waals surface area contributed by atoms with Crippen LogP contribution in [-0.2, 0) is 20.7 Å². The van der Waals surface area contributed by atoms with Crippen molar-refractivity contribution in [1.29, 1.82) is 0 Å². The van der Waals surface area contributed by atoms with Crippen LogP contribution < -0.4 is 10.6 Å². The van der Waals surface area contributed by atoms with Gasteiger partial charge in [-0.25, -0.2) is 4.79 Å². The number of nitrogens with zero attached hydrogens (tertiary/aromatic N) is 1. The molecule has 2 amide bonds. The van der Waals surface area contributed by atoms with Crippen molar-refractivity contribution in [3.8, 4) is 22.5 Å². The molecule has 0 unspecified atom stereocenters. The van der Waals surface area contributed by atoms with E-state index in [0.29, 0.717) is 35.5 Å². The Kier molecular flexibility index (Phi) is 5.86. The molecule has 0 bridgehead atoms. The lowest BCUT2D eigenvalue weighted by atomic mass is 10.1. The lowest BCUT2D eigenvalue weighted by Crippen LogP contribution is -2.31. The van der Waals surface area contributed by atoms with E-state index in [1.165, 1.54) is 6.07 Å². The lowest BCUT2D eigenvalue weighted by Gasteiger charge is -2.11. The van der Waals surface area contributed by atoms with Crippen LogP contribution in [0, 0.1) is 0 Å². The molecule has 1 aliphatic heterocycles. The van der Waals surface area contributed by atoms with Crippen molar-refractivity contribution in [2.45, 2.75) is 12.6 Å². The Hall–Kier alpha value is -4.15. The molecule has 4 rings (SSSR count). The molecule has 33 heavy (non-hydrogen) atoms. The van der Waals surface area contributed by atoms with E-state index in [2.05, 4.69) is 25.3 Å². The van der Waals surface area contributed by atoms with Crippen molar-refractivity contribution >= 4 is 23.5 Å². The predicted octanol–water partition coefficient (Wildman–Crippen LogP) is 3.07. The zero-order valence-corrected chi connectivity index (χ0v) is 17.0. The number of fused-ring (bicyclic) bond motifs is 1. The maximum atomic E-state index is 12.2. The summed E-state index contributed by atoms with van der Waals surface area (Å²) in [6, 6.07) is 11.9. The number of H-pyrrole nitrogens is 1. The number of aromatic amines is 1.